The maximum absolute atomic E-state index is 12.3. The van der Waals surface area contributed by atoms with Gasteiger partial charge in [0.2, 0.25) is 11.0 Å². The third kappa shape index (κ3) is 5.39. The number of thioether (sulfide) groups is 1. The van der Waals surface area contributed by atoms with E-state index in [1.54, 1.807) is 0 Å². The lowest BCUT2D eigenvalue weighted by atomic mass is 10.2. The predicted octanol–water partition coefficient (Wildman–Crippen LogP) is 4.14. The van der Waals surface area contributed by atoms with E-state index in [0.717, 1.165) is 40.9 Å². The lowest BCUT2D eigenvalue weighted by molar-refractivity contribution is -0.113. The SMILES string of the molecule is CCCc1nnc(NC(=O)CSc2nnc(-c3ccccc3)n2CC(C)C)s1. The number of carbonyl (C=O) groups excluding carboxylic acids is 1. The van der Waals surface area contributed by atoms with Crippen molar-refractivity contribution in [3.63, 3.8) is 0 Å². The topological polar surface area (TPSA) is 85.6 Å². The number of anilines is 1. The van der Waals surface area contributed by atoms with Gasteiger partial charge in [-0.1, -0.05) is 74.2 Å². The average molecular weight is 417 g/mol. The maximum Gasteiger partial charge on any atom is 0.236 e. The summed E-state index contributed by atoms with van der Waals surface area (Å²) >= 11 is 2.81. The first-order valence-corrected chi connectivity index (χ1v) is 11.1. The van der Waals surface area contributed by atoms with Gasteiger partial charge in [0.15, 0.2) is 11.0 Å². The molecule has 0 radical (unpaired) electrons. The molecule has 2 aromatic heterocycles. The summed E-state index contributed by atoms with van der Waals surface area (Å²) in [6, 6.07) is 9.99. The number of nitrogens with one attached hydrogen (secondary N) is 1. The van der Waals surface area contributed by atoms with E-state index < -0.39 is 0 Å². The largest absolute Gasteiger partial charge is 0.302 e. The van der Waals surface area contributed by atoms with Crippen molar-refractivity contribution in [3.05, 3.63) is 35.3 Å². The van der Waals surface area contributed by atoms with Crippen molar-refractivity contribution in [1.82, 2.24) is 25.0 Å². The molecular formula is C19H24N6OS2. The third-order valence-corrected chi connectivity index (χ3v) is 5.67. The van der Waals surface area contributed by atoms with Gasteiger partial charge in [0.1, 0.15) is 5.01 Å². The Kier molecular flexibility index (Phi) is 7.16. The van der Waals surface area contributed by atoms with Crippen LogP contribution in [0.4, 0.5) is 5.13 Å². The summed E-state index contributed by atoms with van der Waals surface area (Å²) in [5, 5.41) is 21.8. The quantitative estimate of drug-likeness (QED) is 0.528. The van der Waals surface area contributed by atoms with Crippen LogP contribution in [0, 0.1) is 5.92 Å². The van der Waals surface area contributed by atoms with Crippen LogP contribution in [0.1, 0.15) is 32.2 Å². The Bertz CT molecular complexity index is 906. The van der Waals surface area contributed by atoms with Gasteiger partial charge in [0.25, 0.3) is 0 Å². The van der Waals surface area contributed by atoms with Crippen LogP contribution in [0.15, 0.2) is 35.5 Å². The molecule has 1 aromatic carbocycles. The molecular weight excluding hydrogens is 392 g/mol. The summed E-state index contributed by atoms with van der Waals surface area (Å²) in [6.07, 6.45) is 1.89. The first-order valence-electron chi connectivity index (χ1n) is 9.30. The summed E-state index contributed by atoms with van der Waals surface area (Å²) in [5.74, 6) is 1.38. The zero-order valence-electron chi connectivity index (χ0n) is 16.3. The normalized spacial score (nSPS) is 11.1. The van der Waals surface area contributed by atoms with Crippen LogP contribution >= 0.6 is 23.1 Å². The zero-order chi connectivity index (χ0) is 19.9. The van der Waals surface area contributed by atoms with Crippen molar-refractivity contribution in [1.29, 1.82) is 0 Å². The summed E-state index contributed by atoms with van der Waals surface area (Å²) in [7, 11) is 0. The summed E-state index contributed by atoms with van der Waals surface area (Å²) in [4.78, 5) is 12.3. The molecule has 0 unspecified atom stereocenters. The highest BCUT2D eigenvalue weighted by molar-refractivity contribution is 7.99. The fourth-order valence-corrected chi connectivity index (χ4v) is 4.24. The second-order valence-electron chi connectivity index (χ2n) is 6.76. The standard InChI is InChI=1S/C19H24N6OS2/c1-4-8-16-21-23-18(28-16)20-15(26)12-27-19-24-22-17(25(19)11-13(2)3)14-9-6-5-7-10-14/h5-7,9-10,13H,4,8,11-12H2,1-3H3,(H,20,23,26). The Morgan fingerprint density at radius 1 is 1.18 bits per heavy atom. The first-order chi connectivity index (χ1) is 13.6. The lowest BCUT2D eigenvalue weighted by Crippen LogP contribution is -2.15. The van der Waals surface area contributed by atoms with Gasteiger partial charge in [0.05, 0.1) is 5.75 Å². The van der Waals surface area contributed by atoms with Crippen molar-refractivity contribution < 1.29 is 4.79 Å². The van der Waals surface area contributed by atoms with Crippen molar-refractivity contribution in [2.24, 2.45) is 5.92 Å². The van der Waals surface area contributed by atoms with E-state index in [4.69, 9.17) is 0 Å². The predicted molar refractivity (Wildman–Crippen MR) is 114 cm³/mol. The van der Waals surface area contributed by atoms with E-state index in [-0.39, 0.29) is 11.7 Å². The number of nitrogens with zero attached hydrogens (tertiary/aromatic N) is 5. The van der Waals surface area contributed by atoms with Gasteiger partial charge in [0, 0.05) is 18.5 Å². The molecule has 0 spiro atoms. The molecule has 0 fully saturated rings. The Hall–Kier alpha value is -2.26. The lowest BCUT2D eigenvalue weighted by Gasteiger charge is -2.12. The van der Waals surface area contributed by atoms with Gasteiger partial charge < -0.3 is 4.57 Å². The summed E-state index contributed by atoms with van der Waals surface area (Å²) in [6.45, 7) is 7.18. The van der Waals surface area contributed by atoms with Gasteiger partial charge in [-0.25, -0.2) is 0 Å². The number of hydrogen-bond acceptors (Lipinski definition) is 7. The molecule has 2 heterocycles. The minimum absolute atomic E-state index is 0.121. The van der Waals surface area contributed by atoms with Crippen LogP contribution in [-0.2, 0) is 17.8 Å². The van der Waals surface area contributed by atoms with Gasteiger partial charge in [-0.05, 0) is 12.3 Å². The molecule has 1 N–H and O–H groups in total. The molecule has 28 heavy (non-hydrogen) atoms. The molecule has 0 bridgehead atoms. The average Bonchev–Trinajstić information content (AvgIpc) is 3.27. The number of aryl methyl sites for hydroxylation is 1. The van der Waals surface area contributed by atoms with E-state index in [9.17, 15) is 4.79 Å². The molecule has 0 saturated heterocycles. The molecule has 0 aliphatic rings. The van der Waals surface area contributed by atoms with E-state index >= 15 is 0 Å². The zero-order valence-corrected chi connectivity index (χ0v) is 17.9. The number of aromatic nitrogens is 5. The molecule has 0 aliphatic carbocycles. The first kappa shape index (κ1) is 20.5. The van der Waals surface area contributed by atoms with Crippen LogP contribution in [0.25, 0.3) is 11.4 Å². The minimum atomic E-state index is -0.121. The van der Waals surface area contributed by atoms with Crippen molar-refractivity contribution in [3.8, 4) is 11.4 Å². The van der Waals surface area contributed by atoms with Crippen molar-refractivity contribution in [2.75, 3.05) is 11.1 Å². The van der Waals surface area contributed by atoms with Gasteiger partial charge in [-0.2, -0.15) is 0 Å². The van der Waals surface area contributed by atoms with Crippen LogP contribution in [0.3, 0.4) is 0 Å². The van der Waals surface area contributed by atoms with Gasteiger partial charge >= 0.3 is 0 Å². The number of carbonyl (C=O) groups is 1. The number of rotatable bonds is 9. The Morgan fingerprint density at radius 3 is 2.68 bits per heavy atom. The van der Waals surface area contributed by atoms with Crippen LogP contribution in [-0.4, -0.2) is 36.6 Å². The van der Waals surface area contributed by atoms with E-state index in [2.05, 4.69) is 51.0 Å². The highest BCUT2D eigenvalue weighted by Crippen LogP contribution is 2.25. The van der Waals surface area contributed by atoms with E-state index in [1.165, 1.54) is 23.1 Å². The van der Waals surface area contributed by atoms with E-state index in [0.29, 0.717) is 11.0 Å². The van der Waals surface area contributed by atoms with Crippen LogP contribution in [0.2, 0.25) is 0 Å². The molecule has 7 nitrogen and oxygen atoms in total. The Labute approximate surface area is 173 Å². The van der Waals surface area contributed by atoms with Crippen LogP contribution < -0.4 is 5.32 Å². The molecule has 9 heteroatoms. The highest BCUT2D eigenvalue weighted by Gasteiger charge is 2.17. The van der Waals surface area contributed by atoms with Gasteiger partial charge in [-0.15, -0.1) is 20.4 Å². The fraction of sp³-hybridized carbons (Fsp3) is 0.421. The molecule has 3 aromatic rings. The Balaban J connectivity index is 1.67. The molecule has 3 rings (SSSR count). The van der Waals surface area contributed by atoms with Crippen molar-refractivity contribution >= 4 is 34.1 Å². The maximum atomic E-state index is 12.3. The number of hydrogen-bond donors (Lipinski definition) is 1. The molecule has 0 aliphatic heterocycles. The smallest absolute Gasteiger partial charge is 0.236 e. The highest BCUT2D eigenvalue weighted by atomic mass is 32.2. The van der Waals surface area contributed by atoms with E-state index in [1.807, 2.05) is 30.3 Å². The summed E-state index contributed by atoms with van der Waals surface area (Å²) < 4.78 is 2.09. The molecule has 1 amide bonds. The monoisotopic (exact) mass is 416 g/mol. The fourth-order valence-electron chi connectivity index (χ4n) is 2.63. The molecule has 148 valence electrons. The molecule has 0 saturated carbocycles. The second kappa shape index (κ2) is 9.79. The molecule has 0 atom stereocenters. The minimum Gasteiger partial charge on any atom is -0.302 e. The third-order valence-electron chi connectivity index (χ3n) is 3.81. The number of benzene rings is 1. The second-order valence-corrected chi connectivity index (χ2v) is 8.77. The Morgan fingerprint density at radius 2 is 1.96 bits per heavy atom. The van der Waals surface area contributed by atoms with Gasteiger partial charge in [-0.3, -0.25) is 10.1 Å². The summed E-state index contributed by atoms with van der Waals surface area (Å²) in [5.41, 5.74) is 1.02. The van der Waals surface area contributed by atoms with Crippen molar-refractivity contribution in [2.45, 2.75) is 45.3 Å². The van der Waals surface area contributed by atoms with Crippen LogP contribution in [0.5, 0.6) is 0 Å². The number of amides is 1.